The molecule has 1 heterocycles. The first kappa shape index (κ1) is 15.4. The fourth-order valence-corrected chi connectivity index (χ4v) is 2.14. The van der Waals surface area contributed by atoms with E-state index in [4.69, 9.17) is 4.74 Å². The van der Waals surface area contributed by atoms with Crippen LogP contribution in [0.3, 0.4) is 0 Å². The van der Waals surface area contributed by atoms with Gasteiger partial charge in [0.25, 0.3) is 0 Å². The Kier molecular flexibility index (Phi) is 6.09. The minimum absolute atomic E-state index is 0.0762. The van der Waals surface area contributed by atoms with E-state index in [2.05, 4.69) is 37.5 Å². The maximum absolute atomic E-state index is 11.6. The third kappa shape index (κ3) is 5.36. The molecule has 4 nitrogen and oxygen atoms in total. The molecular formula is C14H28N2O2. The molecule has 0 aromatic rings. The van der Waals surface area contributed by atoms with Crippen molar-refractivity contribution in [3.05, 3.63) is 0 Å². The molecule has 0 aromatic heterocycles. The summed E-state index contributed by atoms with van der Waals surface area (Å²) < 4.78 is 5.19. The molecule has 0 spiro atoms. The molecule has 106 valence electrons. The molecule has 0 N–H and O–H groups in total. The molecule has 0 aromatic carbocycles. The molecule has 18 heavy (non-hydrogen) atoms. The molecule has 1 aliphatic heterocycles. The lowest BCUT2D eigenvalue weighted by Crippen LogP contribution is -2.54. The minimum atomic E-state index is -0.0762. The van der Waals surface area contributed by atoms with Crippen molar-refractivity contribution in [2.45, 2.75) is 46.1 Å². The van der Waals surface area contributed by atoms with Crippen molar-refractivity contribution in [2.24, 2.45) is 0 Å². The van der Waals surface area contributed by atoms with Crippen molar-refractivity contribution in [2.75, 3.05) is 39.3 Å². The highest BCUT2D eigenvalue weighted by atomic mass is 16.5. The third-order valence-corrected chi connectivity index (χ3v) is 3.43. The number of carbonyl (C=O) groups is 1. The SMILES string of the molecule is CCCCOC(=O)CN1CCN(C(C)(C)C)CC1. The number of rotatable bonds is 5. The van der Waals surface area contributed by atoms with Crippen LogP contribution in [0, 0.1) is 0 Å². The van der Waals surface area contributed by atoms with Gasteiger partial charge in [-0.05, 0) is 27.2 Å². The van der Waals surface area contributed by atoms with Crippen LogP contribution < -0.4 is 0 Å². The van der Waals surface area contributed by atoms with Gasteiger partial charge in [-0.3, -0.25) is 14.6 Å². The summed E-state index contributed by atoms with van der Waals surface area (Å²) >= 11 is 0. The first-order valence-corrected chi connectivity index (χ1v) is 7.06. The van der Waals surface area contributed by atoms with Crippen LogP contribution in [0.1, 0.15) is 40.5 Å². The molecule has 0 bridgehead atoms. The second kappa shape index (κ2) is 7.10. The van der Waals surface area contributed by atoms with Gasteiger partial charge in [0.1, 0.15) is 0 Å². The van der Waals surface area contributed by atoms with Gasteiger partial charge in [-0.15, -0.1) is 0 Å². The second-order valence-corrected chi connectivity index (χ2v) is 6.01. The van der Waals surface area contributed by atoms with Crippen molar-refractivity contribution in [1.82, 2.24) is 9.80 Å². The molecule has 0 amide bonds. The number of piperazine rings is 1. The molecule has 0 atom stereocenters. The van der Waals surface area contributed by atoms with Gasteiger partial charge in [-0.1, -0.05) is 13.3 Å². The molecule has 4 heteroatoms. The predicted octanol–water partition coefficient (Wildman–Crippen LogP) is 1.75. The summed E-state index contributed by atoms with van der Waals surface area (Å²) in [5.74, 6) is -0.0762. The van der Waals surface area contributed by atoms with Crippen molar-refractivity contribution in [1.29, 1.82) is 0 Å². The van der Waals surface area contributed by atoms with E-state index in [1.165, 1.54) is 0 Å². The number of esters is 1. The van der Waals surface area contributed by atoms with Gasteiger partial charge in [0, 0.05) is 31.7 Å². The molecule has 0 unspecified atom stereocenters. The Morgan fingerprint density at radius 3 is 2.28 bits per heavy atom. The van der Waals surface area contributed by atoms with Crippen LogP contribution in [0.5, 0.6) is 0 Å². The summed E-state index contributed by atoms with van der Waals surface area (Å²) in [6.45, 7) is 13.8. The monoisotopic (exact) mass is 256 g/mol. The zero-order chi connectivity index (χ0) is 13.6. The Hall–Kier alpha value is -0.610. The highest BCUT2D eigenvalue weighted by Gasteiger charge is 2.26. The lowest BCUT2D eigenvalue weighted by molar-refractivity contribution is -0.145. The van der Waals surface area contributed by atoms with Crippen LogP contribution in [0.2, 0.25) is 0 Å². The van der Waals surface area contributed by atoms with Crippen molar-refractivity contribution < 1.29 is 9.53 Å². The summed E-state index contributed by atoms with van der Waals surface area (Å²) in [5.41, 5.74) is 0.230. The van der Waals surface area contributed by atoms with Crippen LogP contribution in [0.15, 0.2) is 0 Å². The molecule has 1 aliphatic rings. The number of hydrogen-bond donors (Lipinski definition) is 0. The van der Waals surface area contributed by atoms with Gasteiger partial charge >= 0.3 is 5.97 Å². The third-order valence-electron chi connectivity index (χ3n) is 3.43. The van der Waals surface area contributed by atoms with Gasteiger partial charge in [0.2, 0.25) is 0 Å². The Bertz CT molecular complexity index is 253. The highest BCUT2D eigenvalue weighted by molar-refractivity contribution is 5.71. The van der Waals surface area contributed by atoms with Crippen LogP contribution in [-0.2, 0) is 9.53 Å². The fourth-order valence-electron chi connectivity index (χ4n) is 2.14. The van der Waals surface area contributed by atoms with Crippen molar-refractivity contribution in [3.8, 4) is 0 Å². The Labute approximate surface area is 111 Å². The summed E-state index contributed by atoms with van der Waals surface area (Å²) in [6, 6.07) is 0. The van der Waals surface area contributed by atoms with E-state index < -0.39 is 0 Å². The van der Waals surface area contributed by atoms with Gasteiger partial charge < -0.3 is 4.74 Å². The maximum Gasteiger partial charge on any atom is 0.320 e. The second-order valence-electron chi connectivity index (χ2n) is 6.01. The lowest BCUT2D eigenvalue weighted by Gasteiger charge is -2.41. The standard InChI is InChI=1S/C14H28N2O2/c1-5-6-11-18-13(17)12-15-7-9-16(10-8-15)14(2,3)4/h5-12H2,1-4H3. The fraction of sp³-hybridized carbons (Fsp3) is 0.929. The molecule has 0 saturated carbocycles. The normalized spacial score (nSPS) is 18.9. The van der Waals surface area contributed by atoms with Crippen LogP contribution >= 0.6 is 0 Å². The molecule has 0 aliphatic carbocycles. The quantitative estimate of drug-likeness (QED) is 0.554. The van der Waals surface area contributed by atoms with Crippen molar-refractivity contribution >= 4 is 5.97 Å². The van der Waals surface area contributed by atoms with Gasteiger partial charge in [0.05, 0.1) is 13.2 Å². The number of ether oxygens (including phenoxy) is 1. The Morgan fingerprint density at radius 2 is 1.78 bits per heavy atom. The Balaban J connectivity index is 2.21. The highest BCUT2D eigenvalue weighted by Crippen LogP contribution is 2.15. The first-order valence-electron chi connectivity index (χ1n) is 7.06. The smallest absolute Gasteiger partial charge is 0.320 e. The molecular weight excluding hydrogens is 228 g/mol. The van der Waals surface area contributed by atoms with E-state index in [0.29, 0.717) is 13.2 Å². The molecule has 1 rings (SSSR count). The van der Waals surface area contributed by atoms with E-state index in [9.17, 15) is 4.79 Å². The predicted molar refractivity (Wildman–Crippen MR) is 73.6 cm³/mol. The van der Waals surface area contributed by atoms with E-state index in [1.807, 2.05) is 0 Å². The average molecular weight is 256 g/mol. The van der Waals surface area contributed by atoms with E-state index in [-0.39, 0.29) is 11.5 Å². The molecule has 1 fully saturated rings. The number of unbranched alkanes of at least 4 members (excludes halogenated alkanes) is 1. The van der Waals surface area contributed by atoms with Crippen LogP contribution in [0.25, 0.3) is 0 Å². The largest absolute Gasteiger partial charge is 0.465 e. The van der Waals surface area contributed by atoms with Gasteiger partial charge in [-0.2, -0.15) is 0 Å². The first-order chi connectivity index (χ1) is 8.43. The average Bonchev–Trinajstić information content (AvgIpc) is 2.29. The minimum Gasteiger partial charge on any atom is -0.465 e. The molecule has 0 radical (unpaired) electrons. The number of hydrogen-bond acceptors (Lipinski definition) is 4. The van der Waals surface area contributed by atoms with E-state index in [1.54, 1.807) is 0 Å². The lowest BCUT2D eigenvalue weighted by atomic mass is 10.1. The van der Waals surface area contributed by atoms with Crippen molar-refractivity contribution in [3.63, 3.8) is 0 Å². The number of carbonyl (C=O) groups excluding carboxylic acids is 1. The van der Waals surface area contributed by atoms with Gasteiger partial charge in [-0.25, -0.2) is 0 Å². The summed E-state index contributed by atoms with van der Waals surface area (Å²) in [4.78, 5) is 16.2. The van der Waals surface area contributed by atoms with Crippen LogP contribution in [-0.4, -0.2) is 60.6 Å². The van der Waals surface area contributed by atoms with E-state index >= 15 is 0 Å². The zero-order valence-corrected chi connectivity index (χ0v) is 12.4. The summed E-state index contributed by atoms with van der Waals surface area (Å²) in [7, 11) is 0. The number of nitrogens with zero attached hydrogens (tertiary/aromatic N) is 2. The summed E-state index contributed by atoms with van der Waals surface area (Å²) in [6.07, 6.45) is 2.03. The van der Waals surface area contributed by atoms with Crippen LogP contribution in [0.4, 0.5) is 0 Å². The molecule has 1 saturated heterocycles. The Morgan fingerprint density at radius 1 is 1.17 bits per heavy atom. The van der Waals surface area contributed by atoms with E-state index in [0.717, 1.165) is 39.0 Å². The van der Waals surface area contributed by atoms with Gasteiger partial charge in [0.15, 0.2) is 0 Å². The topological polar surface area (TPSA) is 32.8 Å². The maximum atomic E-state index is 11.6. The summed E-state index contributed by atoms with van der Waals surface area (Å²) in [5, 5.41) is 0. The zero-order valence-electron chi connectivity index (χ0n) is 12.4.